The third kappa shape index (κ3) is 6.15. The predicted molar refractivity (Wildman–Crippen MR) is 103 cm³/mol. The fourth-order valence-corrected chi connectivity index (χ4v) is 2.20. The van der Waals surface area contributed by atoms with E-state index >= 15 is 0 Å². The topological polar surface area (TPSA) is 85.8 Å². The Morgan fingerprint density at radius 1 is 1.26 bits per heavy atom. The molecule has 0 aromatic rings. The van der Waals surface area contributed by atoms with Crippen molar-refractivity contribution in [2.24, 2.45) is 4.99 Å². The van der Waals surface area contributed by atoms with E-state index in [-0.39, 0.29) is 35.9 Å². The van der Waals surface area contributed by atoms with Crippen LogP contribution in [0.3, 0.4) is 0 Å². The maximum absolute atomic E-state index is 12.2. The van der Waals surface area contributed by atoms with Gasteiger partial charge >= 0.3 is 6.03 Å². The van der Waals surface area contributed by atoms with Gasteiger partial charge in [0.15, 0.2) is 5.96 Å². The highest BCUT2D eigenvalue weighted by Crippen LogP contribution is 2.20. The lowest BCUT2D eigenvalue weighted by atomic mass is 9.99. The number of aliphatic imine (C=N–C) groups is 1. The molecule has 134 valence electrons. The van der Waals surface area contributed by atoms with Gasteiger partial charge in [-0.1, -0.05) is 13.8 Å². The van der Waals surface area contributed by atoms with Crippen molar-refractivity contribution in [1.82, 2.24) is 20.9 Å². The first-order valence-corrected chi connectivity index (χ1v) is 8.14. The summed E-state index contributed by atoms with van der Waals surface area (Å²) in [6.45, 7) is 10.4. The Morgan fingerprint density at radius 2 is 1.96 bits per heavy atom. The van der Waals surface area contributed by atoms with Gasteiger partial charge in [0.1, 0.15) is 5.54 Å². The number of rotatable bonds is 8. The molecule has 1 aliphatic heterocycles. The SMILES string of the molecule is CCCN=C(NCC)NCCCN1C(=O)NC(C)(CC)C1=O.I. The van der Waals surface area contributed by atoms with E-state index in [2.05, 4.69) is 27.9 Å². The fraction of sp³-hybridized carbons (Fsp3) is 0.800. The van der Waals surface area contributed by atoms with E-state index in [0.29, 0.717) is 25.9 Å². The molecule has 3 amide bonds. The molecule has 0 aliphatic carbocycles. The van der Waals surface area contributed by atoms with Crippen molar-refractivity contribution < 1.29 is 9.59 Å². The second kappa shape index (κ2) is 10.7. The van der Waals surface area contributed by atoms with Crippen LogP contribution in [0.25, 0.3) is 0 Å². The largest absolute Gasteiger partial charge is 0.357 e. The van der Waals surface area contributed by atoms with Crippen molar-refractivity contribution >= 4 is 41.9 Å². The third-order valence-electron chi connectivity index (χ3n) is 3.74. The summed E-state index contributed by atoms with van der Waals surface area (Å²) in [5.41, 5.74) is -0.748. The molecule has 7 nitrogen and oxygen atoms in total. The van der Waals surface area contributed by atoms with E-state index in [1.54, 1.807) is 6.92 Å². The number of nitrogens with zero attached hydrogens (tertiary/aromatic N) is 2. The van der Waals surface area contributed by atoms with E-state index in [1.807, 2.05) is 13.8 Å². The summed E-state index contributed by atoms with van der Waals surface area (Å²) >= 11 is 0. The highest BCUT2D eigenvalue weighted by molar-refractivity contribution is 14.0. The summed E-state index contributed by atoms with van der Waals surface area (Å²) in [5, 5.41) is 9.14. The quantitative estimate of drug-likeness (QED) is 0.177. The molecule has 0 saturated carbocycles. The summed E-state index contributed by atoms with van der Waals surface area (Å²) in [7, 11) is 0. The fourth-order valence-electron chi connectivity index (χ4n) is 2.20. The zero-order valence-electron chi connectivity index (χ0n) is 14.6. The second-order valence-electron chi connectivity index (χ2n) is 5.61. The minimum absolute atomic E-state index is 0. The number of hydrogen-bond acceptors (Lipinski definition) is 3. The maximum atomic E-state index is 12.2. The van der Waals surface area contributed by atoms with Crippen LogP contribution in [-0.2, 0) is 4.79 Å². The molecule has 1 aliphatic rings. The zero-order chi connectivity index (χ0) is 16.6. The molecule has 1 saturated heterocycles. The standard InChI is InChI=1S/C15H29N5O2.HI/c1-5-9-17-13(16-7-3)18-10-8-11-20-12(21)15(4,6-2)19-14(20)22;/h5-11H2,1-4H3,(H,19,22)(H2,16,17,18);1H. The molecule has 0 radical (unpaired) electrons. The lowest BCUT2D eigenvalue weighted by Crippen LogP contribution is -2.43. The molecule has 1 unspecified atom stereocenters. The first kappa shape index (κ1) is 21.9. The van der Waals surface area contributed by atoms with Crippen LogP contribution in [0.5, 0.6) is 0 Å². The first-order chi connectivity index (χ1) is 10.5. The van der Waals surface area contributed by atoms with Crippen LogP contribution in [-0.4, -0.2) is 54.5 Å². The molecule has 8 heteroatoms. The van der Waals surface area contributed by atoms with Gasteiger partial charge in [0, 0.05) is 26.2 Å². The predicted octanol–water partition coefficient (Wildman–Crippen LogP) is 1.68. The lowest BCUT2D eigenvalue weighted by Gasteiger charge is -2.19. The van der Waals surface area contributed by atoms with Crippen molar-refractivity contribution in [3.05, 3.63) is 0 Å². The zero-order valence-corrected chi connectivity index (χ0v) is 16.9. The van der Waals surface area contributed by atoms with E-state index < -0.39 is 5.54 Å². The van der Waals surface area contributed by atoms with Crippen molar-refractivity contribution in [1.29, 1.82) is 0 Å². The van der Waals surface area contributed by atoms with Crippen LogP contribution in [0.4, 0.5) is 4.79 Å². The van der Waals surface area contributed by atoms with E-state index in [1.165, 1.54) is 4.90 Å². The van der Waals surface area contributed by atoms with E-state index in [9.17, 15) is 9.59 Å². The van der Waals surface area contributed by atoms with Gasteiger partial charge in [0.25, 0.3) is 5.91 Å². The molecular formula is C15H30IN5O2. The molecule has 1 heterocycles. The maximum Gasteiger partial charge on any atom is 0.325 e. The Kier molecular flexibility index (Phi) is 10.2. The van der Waals surface area contributed by atoms with Gasteiger partial charge in [0.2, 0.25) is 0 Å². The molecule has 3 N–H and O–H groups in total. The summed E-state index contributed by atoms with van der Waals surface area (Å²) < 4.78 is 0. The number of guanidine groups is 1. The van der Waals surface area contributed by atoms with Crippen LogP contribution in [0.2, 0.25) is 0 Å². The molecule has 0 bridgehead atoms. The van der Waals surface area contributed by atoms with Gasteiger partial charge in [0.05, 0.1) is 0 Å². The molecule has 1 atom stereocenters. The van der Waals surface area contributed by atoms with Crippen molar-refractivity contribution in [2.45, 2.75) is 52.5 Å². The van der Waals surface area contributed by atoms with Crippen LogP contribution in [0.1, 0.15) is 47.0 Å². The number of hydrogen-bond donors (Lipinski definition) is 3. The van der Waals surface area contributed by atoms with Crippen LogP contribution in [0, 0.1) is 0 Å². The Morgan fingerprint density at radius 3 is 2.48 bits per heavy atom. The van der Waals surface area contributed by atoms with Crippen molar-refractivity contribution in [2.75, 3.05) is 26.2 Å². The summed E-state index contributed by atoms with van der Waals surface area (Å²) in [6.07, 6.45) is 2.28. The molecule has 0 aromatic carbocycles. The number of carbonyl (C=O) groups is 2. The Bertz CT molecular complexity index is 430. The lowest BCUT2D eigenvalue weighted by molar-refractivity contribution is -0.130. The van der Waals surface area contributed by atoms with Crippen LogP contribution in [0.15, 0.2) is 4.99 Å². The average molecular weight is 439 g/mol. The summed E-state index contributed by atoms with van der Waals surface area (Å²) in [5.74, 6) is 0.645. The van der Waals surface area contributed by atoms with Crippen LogP contribution >= 0.6 is 24.0 Å². The van der Waals surface area contributed by atoms with Gasteiger partial charge in [-0.3, -0.25) is 14.7 Å². The third-order valence-corrected chi connectivity index (χ3v) is 3.74. The van der Waals surface area contributed by atoms with Crippen molar-refractivity contribution in [3.63, 3.8) is 0 Å². The smallest absolute Gasteiger partial charge is 0.325 e. The highest BCUT2D eigenvalue weighted by Gasteiger charge is 2.45. The van der Waals surface area contributed by atoms with Gasteiger partial charge in [-0.2, -0.15) is 0 Å². The van der Waals surface area contributed by atoms with E-state index in [0.717, 1.165) is 25.5 Å². The minimum atomic E-state index is -0.748. The first-order valence-electron chi connectivity index (χ1n) is 8.14. The van der Waals surface area contributed by atoms with Crippen molar-refractivity contribution in [3.8, 4) is 0 Å². The molecule has 1 rings (SSSR count). The normalized spacial score (nSPS) is 21.0. The molecule has 0 spiro atoms. The Hall–Kier alpha value is -1.06. The molecule has 23 heavy (non-hydrogen) atoms. The Labute approximate surface area is 156 Å². The second-order valence-corrected chi connectivity index (χ2v) is 5.61. The number of urea groups is 1. The molecule has 1 fully saturated rings. The summed E-state index contributed by atoms with van der Waals surface area (Å²) in [6, 6.07) is -0.291. The number of imide groups is 1. The van der Waals surface area contributed by atoms with Crippen LogP contribution < -0.4 is 16.0 Å². The average Bonchev–Trinajstić information content (AvgIpc) is 2.72. The van der Waals surface area contributed by atoms with Gasteiger partial charge < -0.3 is 16.0 Å². The summed E-state index contributed by atoms with van der Waals surface area (Å²) in [4.78, 5) is 29.8. The Balaban J connectivity index is 0.00000484. The number of carbonyl (C=O) groups excluding carboxylic acids is 2. The number of halogens is 1. The monoisotopic (exact) mass is 439 g/mol. The highest BCUT2D eigenvalue weighted by atomic mass is 127. The van der Waals surface area contributed by atoms with Gasteiger partial charge in [-0.05, 0) is 33.1 Å². The minimum Gasteiger partial charge on any atom is -0.357 e. The van der Waals surface area contributed by atoms with Gasteiger partial charge in [-0.25, -0.2) is 4.79 Å². The molecular weight excluding hydrogens is 409 g/mol. The number of nitrogens with one attached hydrogen (secondary N) is 3. The van der Waals surface area contributed by atoms with E-state index in [4.69, 9.17) is 0 Å². The number of amides is 3. The van der Waals surface area contributed by atoms with Gasteiger partial charge in [-0.15, -0.1) is 24.0 Å². The molecule has 0 aromatic heterocycles.